The fraction of sp³-hybridized carbons (Fsp3) is 0.238. The molecule has 0 atom stereocenters. The van der Waals surface area contributed by atoms with Crippen molar-refractivity contribution < 1.29 is 5.11 Å². The van der Waals surface area contributed by atoms with Crippen molar-refractivity contribution in [2.24, 2.45) is 0 Å². The molecule has 2 heterocycles. The highest BCUT2D eigenvalue weighted by atomic mass is 16.3. The fourth-order valence-corrected chi connectivity index (χ4v) is 3.38. The Kier molecular flexibility index (Phi) is 4.89. The lowest BCUT2D eigenvalue weighted by Crippen LogP contribution is -2.46. The second-order valence-electron chi connectivity index (χ2n) is 6.73. The molecule has 0 unspecified atom stereocenters. The number of aromatic amines is 1. The Morgan fingerprint density at radius 2 is 1.67 bits per heavy atom. The number of hydrogen-bond acceptors (Lipinski definition) is 5. The zero-order valence-electron chi connectivity index (χ0n) is 15.0. The Bertz CT molecular complexity index is 946. The van der Waals surface area contributed by atoms with Crippen LogP contribution in [0.4, 0.5) is 5.69 Å². The largest absolute Gasteiger partial charge is 0.508 e. The Morgan fingerprint density at radius 1 is 0.963 bits per heavy atom. The van der Waals surface area contributed by atoms with Crippen molar-refractivity contribution in [1.29, 1.82) is 0 Å². The number of aromatic nitrogens is 2. The zero-order valence-corrected chi connectivity index (χ0v) is 15.0. The first-order chi connectivity index (χ1) is 13.2. The summed E-state index contributed by atoms with van der Waals surface area (Å²) in [5.74, 6) is 0.896. The van der Waals surface area contributed by atoms with Crippen LogP contribution in [-0.2, 0) is 6.54 Å². The normalized spacial score (nSPS) is 15.0. The zero-order chi connectivity index (χ0) is 18.6. The third kappa shape index (κ3) is 4.17. The summed E-state index contributed by atoms with van der Waals surface area (Å²) in [6, 6.07) is 18.6. The summed E-state index contributed by atoms with van der Waals surface area (Å²) in [4.78, 5) is 24.1. The number of H-pyrrole nitrogens is 1. The summed E-state index contributed by atoms with van der Waals surface area (Å²) in [6.07, 6.45) is 0. The number of phenolic OH excluding ortho intramolecular Hbond substituents is 1. The molecule has 27 heavy (non-hydrogen) atoms. The highest BCUT2D eigenvalue weighted by Crippen LogP contribution is 2.20. The Hall–Kier alpha value is -3.12. The predicted molar refractivity (Wildman–Crippen MR) is 106 cm³/mol. The smallest absolute Gasteiger partial charge is 0.251 e. The lowest BCUT2D eigenvalue weighted by atomic mass is 10.2. The molecule has 2 N–H and O–H groups in total. The van der Waals surface area contributed by atoms with E-state index < -0.39 is 0 Å². The number of nitrogens with one attached hydrogen (secondary N) is 1. The maximum Gasteiger partial charge on any atom is 0.251 e. The van der Waals surface area contributed by atoms with E-state index in [1.807, 2.05) is 42.5 Å². The summed E-state index contributed by atoms with van der Waals surface area (Å²) in [7, 11) is 0. The first-order valence-corrected chi connectivity index (χ1v) is 9.09. The number of rotatable bonds is 4. The van der Waals surface area contributed by atoms with Crippen LogP contribution in [0.1, 0.15) is 5.69 Å². The van der Waals surface area contributed by atoms with Crippen LogP contribution in [-0.4, -0.2) is 46.2 Å². The van der Waals surface area contributed by atoms with E-state index in [-0.39, 0.29) is 11.3 Å². The van der Waals surface area contributed by atoms with Crippen LogP contribution in [0.2, 0.25) is 0 Å². The molecule has 0 radical (unpaired) electrons. The van der Waals surface area contributed by atoms with Crippen molar-refractivity contribution in [3.63, 3.8) is 0 Å². The molecule has 2 aromatic carbocycles. The van der Waals surface area contributed by atoms with Gasteiger partial charge in [-0.3, -0.25) is 9.69 Å². The summed E-state index contributed by atoms with van der Waals surface area (Å²) in [5.41, 5.74) is 2.69. The molecule has 3 aromatic rings. The molecule has 4 rings (SSSR count). The number of benzene rings is 2. The average Bonchev–Trinajstić information content (AvgIpc) is 2.69. The van der Waals surface area contributed by atoms with Gasteiger partial charge in [0.1, 0.15) is 11.6 Å². The average molecular weight is 362 g/mol. The molecule has 0 amide bonds. The molecule has 1 aliphatic heterocycles. The van der Waals surface area contributed by atoms with Crippen molar-refractivity contribution in [2.75, 3.05) is 31.1 Å². The third-order valence-corrected chi connectivity index (χ3v) is 4.81. The topological polar surface area (TPSA) is 72.5 Å². The number of phenols is 1. The van der Waals surface area contributed by atoms with Crippen molar-refractivity contribution in [3.05, 3.63) is 76.7 Å². The maximum absolute atomic E-state index is 12.0. The molecule has 0 saturated carbocycles. The van der Waals surface area contributed by atoms with Gasteiger partial charge in [0.05, 0.1) is 5.69 Å². The lowest BCUT2D eigenvalue weighted by molar-refractivity contribution is 0.247. The van der Waals surface area contributed by atoms with Gasteiger partial charge >= 0.3 is 0 Å². The van der Waals surface area contributed by atoms with Gasteiger partial charge in [0.15, 0.2) is 0 Å². The molecule has 1 fully saturated rings. The lowest BCUT2D eigenvalue weighted by Gasteiger charge is -2.36. The van der Waals surface area contributed by atoms with Crippen LogP contribution in [0, 0.1) is 0 Å². The molecule has 1 aromatic heterocycles. The van der Waals surface area contributed by atoms with E-state index in [2.05, 4.69) is 19.8 Å². The molecule has 1 aliphatic rings. The molecule has 138 valence electrons. The van der Waals surface area contributed by atoms with Gasteiger partial charge in [0.2, 0.25) is 0 Å². The van der Waals surface area contributed by atoms with Gasteiger partial charge in [-0.1, -0.05) is 30.3 Å². The standard InChI is InChI=1S/C21H22N4O2/c26-19-8-6-18(7-9-19)25-12-10-24(11-13-25)15-17-14-20(27)23-21(22-17)16-4-2-1-3-5-16/h1-9,14,26H,10-13,15H2,(H,22,23,27). The quantitative estimate of drug-likeness (QED) is 0.746. The van der Waals surface area contributed by atoms with Gasteiger partial charge in [0, 0.05) is 50.0 Å². The molecule has 0 aliphatic carbocycles. The first kappa shape index (κ1) is 17.3. The van der Waals surface area contributed by atoms with Crippen LogP contribution in [0.15, 0.2) is 65.5 Å². The minimum absolute atomic E-state index is 0.124. The second-order valence-corrected chi connectivity index (χ2v) is 6.73. The summed E-state index contributed by atoms with van der Waals surface area (Å²) in [6.45, 7) is 4.26. The summed E-state index contributed by atoms with van der Waals surface area (Å²) >= 11 is 0. The predicted octanol–water partition coefficient (Wildman–Crippen LogP) is 2.46. The van der Waals surface area contributed by atoms with Crippen LogP contribution in [0.3, 0.4) is 0 Å². The number of nitrogens with zero attached hydrogens (tertiary/aromatic N) is 3. The molecular formula is C21H22N4O2. The summed E-state index contributed by atoms with van der Waals surface area (Å²) in [5, 5.41) is 9.43. The molecule has 0 bridgehead atoms. The molecule has 6 heteroatoms. The number of anilines is 1. The minimum atomic E-state index is -0.124. The Labute approximate surface area is 157 Å². The fourth-order valence-electron chi connectivity index (χ4n) is 3.38. The Morgan fingerprint density at radius 3 is 2.37 bits per heavy atom. The van der Waals surface area contributed by atoms with Gasteiger partial charge < -0.3 is 15.0 Å². The van der Waals surface area contributed by atoms with E-state index in [9.17, 15) is 9.90 Å². The molecule has 0 spiro atoms. The van der Waals surface area contributed by atoms with E-state index in [4.69, 9.17) is 0 Å². The van der Waals surface area contributed by atoms with Crippen molar-refractivity contribution in [2.45, 2.75) is 6.54 Å². The molecular weight excluding hydrogens is 340 g/mol. The number of hydrogen-bond donors (Lipinski definition) is 2. The monoisotopic (exact) mass is 362 g/mol. The number of aromatic hydroxyl groups is 1. The van der Waals surface area contributed by atoms with Gasteiger partial charge in [-0.15, -0.1) is 0 Å². The highest BCUT2D eigenvalue weighted by Gasteiger charge is 2.18. The minimum Gasteiger partial charge on any atom is -0.508 e. The third-order valence-electron chi connectivity index (χ3n) is 4.81. The summed E-state index contributed by atoms with van der Waals surface area (Å²) < 4.78 is 0. The van der Waals surface area contributed by atoms with Gasteiger partial charge in [0.25, 0.3) is 5.56 Å². The van der Waals surface area contributed by atoms with E-state index in [1.165, 1.54) is 0 Å². The van der Waals surface area contributed by atoms with E-state index in [0.29, 0.717) is 12.4 Å². The van der Waals surface area contributed by atoms with Crippen LogP contribution < -0.4 is 10.5 Å². The van der Waals surface area contributed by atoms with Crippen molar-refractivity contribution >= 4 is 5.69 Å². The van der Waals surface area contributed by atoms with Crippen LogP contribution in [0.5, 0.6) is 5.75 Å². The van der Waals surface area contributed by atoms with Gasteiger partial charge in [-0.05, 0) is 24.3 Å². The first-order valence-electron chi connectivity index (χ1n) is 9.09. The van der Waals surface area contributed by atoms with Crippen molar-refractivity contribution in [3.8, 4) is 17.1 Å². The van der Waals surface area contributed by atoms with Crippen LogP contribution >= 0.6 is 0 Å². The second kappa shape index (κ2) is 7.63. The number of piperazine rings is 1. The van der Waals surface area contributed by atoms with Crippen LogP contribution in [0.25, 0.3) is 11.4 Å². The Balaban J connectivity index is 1.42. The SMILES string of the molecule is O=c1cc(CN2CCN(c3ccc(O)cc3)CC2)nc(-c2ccccc2)[nH]1. The maximum atomic E-state index is 12.0. The van der Waals surface area contributed by atoms with Gasteiger partial charge in [-0.2, -0.15) is 0 Å². The molecule has 1 saturated heterocycles. The van der Waals surface area contributed by atoms with Crippen molar-refractivity contribution in [1.82, 2.24) is 14.9 Å². The van der Waals surface area contributed by atoms with Gasteiger partial charge in [-0.25, -0.2) is 4.98 Å². The highest BCUT2D eigenvalue weighted by molar-refractivity contribution is 5.54. The van der Waals surface area contributed by atoms with E-state index >= 15 is 0 Å². The van der Waals surface area contributed by atoms with E-state index in [0.717, 1.165) is 43.1 Å². The molecule has 6 nitrogen and oxygen atoms in total. The van der Waals surface area contributed by atoms with E-state index in [1.54, 1.807) is 18.2 Å².